The molecule has 0 radical (unpaired) electrons. The third kappa shape index (κ3) is 5.37. The van der Waals surface area contributed by atoms with Crippen LogP contribution in [0.1, 0.15) is 52.8 Å². The fourth-order valence-electron chi connectivity index (χ4n) is 3.49. The van der Waals surface area contributed by atoms with Gasteiger partial charge in [0.15, 0.2) is 6.61 Å². The highest BCUT2D eigenvalue weighted by molar-refractivity contribution is 5.99. The zero-order chi connectivity index (χ0) is 23.5. The molecule has 0 saturated heterocycles. The van der Waals surface area contributed by atoms with Gasteiger partial charge in [-0.15, -0.1) is 0 Å². The lowest BCUT2D eigenvalue weighted by Crippen LogP contribution is -2.29. The number of aromatic nitrogens is 2. The first-order chi connectivity index (χ1) is 15.1. The summed E-state index contributed by atoms with van der Waals surface area (Å²) in [6.45, 7) is 3.85. The van der Waals surface area contributed by atoms with Crippen molar-refractivity contribution in [3.05, 3.63) is 52.6 Å². The topological polar surface area (TPSA) is 105 Å². The molecule has 2 aromatic heterocycles. The normalized spacial score (nSPS) is 14.3. The second kappa shape index (κ2) is 9.56. The van der Waals surface area contributed by atoms with Gasteiger partial charge in [0.25, 0.3) is 11.8 Å². The maximum Gasteiger partial charge on any atom is 0.278 e. The molecule has 1 atom stereocenters. The second-order valence-corrected chi connectivity index (χ2v) is 7.88. The van der Waals surface area contributed by atoms with Crippen LogP contribution in [0.2, 0.25) is 0 Å². The maximum absolute atomic E-state index is 13.1. The number of nitrogens with zero attached hydrogens (tertiary/aromatic N) is 3. The summed E-state index contributed by atoms with van der Waals surface area (Å²) in [6, 6.07) is 2.94. The fourth-order valence-corrected chi connectivity index (χ4v) is 3.49. The molecule has 10 heteroatoms. The van der Waals surface area contributed by atoms with E-state index in [4.69, 9.17) is 9.84 Å². The highest BCUT2D eigenvalue weighted by Gasteiger charge is 2.34. The van der Waals surface area contributed by atoms with Crippen molar-refractivity contribution in [2.45, 2.75) is 45.7 Å². The molecule has 0 bridgehead atoms. The number of aliphatic hydroxyl groups is 1. The standard InChI is InChI=1S/C22H26F2N4O4/c1-13-8-17(27-10-19(13)32-12-22(3,23)24)14(2)28-11-16-15(21(28)31)4-5-25-18(16)9-20(30)26-6-7-29/h4-5,8,10,14,29H,6-7,9,11-12H2,1-3H3,(H,26,30). The summed E-state index contributed by atoms with van der Waals surface area (Å²) < 4.78 is 31.3. The lowest BCUT2D eigenvalue weighted by atomic mass is 10.1. The van der Waals surface area contributed by atoms with Crippen molar-refractivity contribution in [2.24, 2.45) is 0 Å². The number of halogens is 2. The number of hydrogen-bond donors (Lipinski definition) is 2. The number of amides is 2. The molecule has 0 saturated carbocycles. The summed E-state index contributed by atoms with van der Waals surface area (Å²) in [6.07, 6.45) is 2.89. The van der Waals surface area contributed by atoms with Crippen LogP contribution in [0.4, 0.5) is 8.78 Å². The molecule has 2 aromatic rings. The molecule has 32 heavy (non-hydrogen) atoms. The van der Waals surface area contributed by atoms with E-state index in [2.05, 4.69) is 15.3 Å². The summed E-state index contributed by atoms with van der Waals surface area (Å²) in [5.41, 5.74) is 2.91. The Morgan fingerprint density at radius 1 is 1.41 bits per heavy atom. The number of rotatable bonds is 9. The zero-order valence-corrected chi connectivity index (χ0v) is 18.2. The SMILES string of the molecule is Cc1cc(C(C)N2Cc3c(ccnc3CC(=O)NCCO)C2=O)ncc1OCC(C)(F)F. The number of alkyl halides is 2. The van der Waals surface area contributed by atoms with Gasteiger partial charge in [-0.05, 0) is 31.5 Å². The van der Waals surface area contributed by atoms with Crippen LogP contribution in [-0.2, 0) is 17.8 Å². The first kappa shape index (κ1) is 23.5. The van der Waals surface area contributed by atoms with Crippen LogP contribution in [0.3, 0.4) is 0 Å². The number of carbonyl (C=O) groups excluding carboxylic acids is 2. The molecule has 0 aromatic carbocycles. The van der Waals surface area contributed by atoms with E-state index < -0.39 is 18.6 Å². The minimum atomic E-state index is -2.95. The Morgan fingerprint density at radius 3 is 2.81 bits per heavy atom. The minimum Gasteiger partial charge on any atom is -0.485 e. The molecule has 2 N–H and O–H groups in total. The van der Waals surface area contributed by atoms with Crippen molar-refractivity contribution in [1.29, 1.82) is 0 Å². The van der Waals surface area contributed by atoms with Gasteiger partial charge in [-0.1, -0.05) is 0 Å². The van der Waals surface area contributed by atoms with Crippen LogP contribution in [0.5, 0.6) is 5.75 Å². The summed E-state index contributed by atoms with van der Waals surface area (Å²) in [5, 5.41) is 11.4. The minimum absolute atomic E-state index is 0.00410. The Labute approximate surface area is 184 Å². The third-order valence-corrected chi connectivity index (χ3v) is 5.19. The number of ether oxygens (including phenoxy) is 1. The lowest BCUT2D eigenvalue weighted by Gasteiger charge is -2.24. The molecule has 0 aliphatic carbocycles. The number of aryl methyl sites for hydroxylation is 1. The Kier molecular flexibility index (Phi) is 7.02. The third-order valence-electron chi connectivity index (χ3n) is 5.19. The Bertz CT molecular complexity index is 1010. The quantitative estimate of drug-likeness (QED) is 0.609. The van der Waals surface area contributed by atoms with Crippen LogP contribution in [-0.4, -0.2) is 57.5 Å². The smallest absolute Gasteiger partial charge is 0.278 e. The highest BCUT2D eigenvalue weighted by atomic mass is 19.3. The van der Waals surface area contributed by atoms with Crippen molar-refractivity contribution in [3.8, 4) is 5.75 Å². The fraction of sp³-hybridized carbons (Fsp3) is 0.455. The van der Waals surface area contributed by atoms with Crippen molar-refractivity contribution in [1.82, 2.24) is 20.2 Å². The van der Waals surface area contributed by atoms with Gasteiger partial charge in [-0.3, -0.25) is 19.6 Å². The number of aliphatic hydroxyl groups excluding tert-OH is 1. The Hall–Kier alpha value is -3.14. The van der Waals surface area contributed by atoms with Gasteiger partial charge >= 0.3 is 0 Å². The van der Waals surface area contributed by atoms with Crippen LogP contribution >= 0.6 is 0 Å². The van der Waals surface area contributed by atoms with E-state index in [0.29, 0.717) is 28.1 Å². The lowest BCUT2D eigenvalue weighted by molar-refractivity contribution is -0.120. The summed E-state index contributed by atoms with van der Waals surface area (Å²) in [5.74, 6) is -3.17. The molecule has 3 heterocycles. The van der Waals surface area contributed by atoms with E-state index in [1.54, 1.807) is 24.0 Å². The molecule has 0 spiro atoms. The number of hydrogen-bond acceptors (Lipinski definition) is 6. The van der Waals surface area contributed by atoms with Crippen LogP contribution in [0.25, 0.3) is 0 Å². The molecule has 1 aliphatic rings. The summed E-state index contributed by atoms with van der Waals surface area (Å²) in [7, 11) is 0. The summed E-state index contributed by atoms with van der Waals surface area (Å²) >= 11 is 0. The van der Waals surface area contributed by atoms with Crippen molar-refractivity contribution in [3.63, 3.8) is 0 Å². The second-order valence-electron chi connectivity index (χ2n) is 7.88. The largest absolute Gasteiger partial charge is 0.485 e. The Morgan fingerprint density at radius 2 is 2.16 bits per heavy atom. The van der Waals surface area contributed by atoms with Crippen LogP contribution in [0.15, 0.2) is 24.5 Å². The molecular formula is C22H26F2N4O4. The molecule has 1 unspecified atom stereocenters. The number of pyridine rings is 2. The van der Waals surface area contributed by atoms with Gasteiger partial charge in [0, 0.05) is 37.3 Å². The summed E-state index contributed by atoms with van der Waals surface area (Å²) in [4.78, 5) is 35.3. The molecular weight excluding hydrogens is 422 g/mol. The first-order valence-electron chi connectivity index (χ1n) is 10.2. The first-order valence-corrected chi connectivity index (χ1v) is 10.2. The zero-order valence-electron chi connectivity index (χ0n) is 18.2. The molecule has 1 aliphatic heterocycles. The predicted octanol–water partition coefficient (Wildman–Crippen LogP) is 2.19. The van der Waals surface area contributed by atoms with Gasteiger partial charge in [0.2, 0.25) is 5.91 Å². The van der Waals surface area contributed by atoms with E-state index in [0.717, 1.165) is 6.92 Å². The van der Waals surface area contributed by atoms with Gasteiger partial charge < -0.3 is 20.1 Å². The van der Waals surface area contributed by atoms with Crippen molar-refractivity contribution >= 4 is 11.8 Å². The average molecular weight is 448 g/mol. The van der Waals surface area contributed by atoms with E-state index in [9.17, 15) is 18.4 Å². The van der Waals surface area contributed by atoms with E-state index in [1.807, 2.05) is 6.92 Å². The van der Waals surface area contributed by atoms with E-state index >= 15 is 0 Å². The van der Waals surface area contributed by atoms with E-state index in [-0.39, 0.29) is 43.7 Å². The molecule has 2 amide bonds. The number of fused-ring (bicyclic) bond motifs is 1. The number of nitrogens with one attached hydrogen (secondary N) is 1. The van der Waals surface area contributed by atoms with Crippen molar-refractivity contribution in [2.75, 3.05) is 19.8 Å². The average Bonchev–Trinajstić information content (AvgIpc) is 3.08. The highest BCUT2D eigenvalue weighted by Crippen LogP contribution is 2.33. The van der Waals surface area contributed by atoms with Gasteiger partial charge in [0.1, 0.15) is 5.75 Å². The van der Waals surface area contributed by atoms with Crippen LogP contribution in [0, 0.1) is 6.92 Å². The predicted molar refractivity (Wildman–Crippen MR) is 111 cm³/mol. The Balaban J connectivity index is 1.76. The van der Waals surface area contributed by atoms with Gasteiger partial charge in [-0.2, -0.15) is 0 Å². The van der Waals surface area contributed by atoms with Crippen molar-refractivity contribution < 1.29 is 28.2 Å². The maximum atomic E-state index is 13.1. The van der Waals surface area contributed by atoms with E-state index in [1.165, 1.54) is 12.4 Å². The molecule has 8 nitrogen and oxygen atoms in total. The monoisotopic (exact) mass is 448 g/mol. The van der Waals surface area contributed by atoms with Gasteiger partial charge in [-0.25, -0.2) is 8.78 Å². The molecule has 172 valence electrons. The van der Waals surface area contributed by atoms with Gasteiger partial charge in [0.05, 0.1) is 36.7 Å². The molecule has 3 rings (SSSR count). The van der Waals surface area contributed by atoms with Crippen LogP contribution < -0.4 is 10.1 Å². The number of carbonyl (C=O) groups is 2. The molecule has 0 fully saturated rings.